The Bertz CT molecular complexity index is 448. The average molecular weight is 289 g/mol. The lowest BCUT2D eigenvalue weighted by molar-refractivity contribution is -0.0168. The Morgan fingerprint density at radius 2 is 2.28 bits per heavy atom. The highest BCUT2D eigenvalue weighted by Crippen LogP contribution is 2.32. The first-order valence-corrected chi connectivity index (χ1v) is 7.94. The molecule has 0 spiro atoms. The fraction of sp³-hybridized carbons (Fsp3) is 0.538. The normalized spacial score (nSPS) is 15.9. The molecule has 0 N–H and O–H groups in total. The summed E-state index contributed by atoms with van der Waals surface area (Å²) in [6.07, 6.45) is 2.04. The van der Waals surface area contributed by atoms with Crippen LogP contribution in [0.5, 0.6) is 5.75 Å². The number of hydrogen-bond acceptors (Lipinski definition) is 3. The molecule has 0 saturated carbocycles. The average Bonchev–Trinajstić information content (AvgIpc) is 2.36. The van der Waals surface area contributed by atoms with E-state index >= 15 is 0 Å². The molecule has 1 aliphatic rings. The van der Waals surface area contributed by atoms with Crippen LogP contribution in [-0.4, -0.2) is 16.8 Å². The van der Waals surface area contributed by atoms with Crippen molar-refractivity contribution >= 4 is 22.4 Å². The van der Waals surface area contributed by atoms with Crippen molar-refractivity contribution in [2.45, 2.75) is 32.1 Å². The predicted molar refractivity (Wildman–Crippen MR) is 73.4 cm³/mol. The van der Waals surface area contributed by atoms with Crippen molar-refractivity contribution in [3.05, 3.63) is 28.3 Å². The van der Waals surface area contributed by atoms with Crippen molar-refractivity contribution < 1.29 is 13.7 Å². The summed E-state index contributed by atoms with van der Waals surface area (Å²) in [6.45, 7) is 2.85. The topological polar surface area (TPSA) is 35.5 Å². The minimum absolute atomic E-state index is 0.253. The standard InChI is InChI=1S/C13H17ClO3S/c1-2-3-4-18(15)8-11-6-12(14)5-10-7-16-9-17-13(10)11/h5-6H,2-4,7-9H2,1H3/t18-/m1/s1. The van der Waals surface area contributed by atoms with E-state index in [9.17, 15) is 4.21 Å². The molecule has 18 heavy (non-hydrogen) atoms. The molecule has 3 nitrogen and oxygen atoms in total. The van der Waals surface area contributed by atoms with E-state index in [0.29, 0.717) is 17.4 Å². The number of rotatable bonds is 5. The van der Waals surface area contributed by atoms with Gasteiger partial charge in [-0.05, 0) is 18.6 Å². The summed E-state index contributed by atoms with van der Waals surface area (Å²) < 4.78 is 22.7. The van der Waals surface area contributed by atoms with Crippen LogP contribution in [0, 0.1) is 0 Å². The van der Waals surface area contributed by atoms with Crippen molar-refractivity contribution in [3.8, 4) is 5.75 Å². The Kier molecular flexibility index (Phi) is 5.03. The molecule has 1 aliphatic heterocycles. The molecule has 1 atom stereocenters. The highest BCUT2D eigenvalue weighted by molar-refractivity contribution is 7.84. The fourth-order valence-electron chi connectivity index (χ4n) is 1.91. The van der Waals surface area contributed by atoms with Gasteiger partial charge in [-0.1, -0.05) is 24.9 Å². The van der Waals surface area contributed by atoms with Gasteiger partial charge in [-0.2, -0.15) is 0 Å². The lowest BCUT2D eigenvalue weighted by Gasteiger charge is -2.21. The molecule has 1 heterocycles. The first kappa shape index (κ1) is 13.8. The Labute approximate surface area is 115 Å². The highest BCUT2D eigenvalue weighted by atomic mass is 35.5. The van der Waals surface area contributed by atoms with E-state index in [0.717, 1.165) is 35.5 Å². The van der Waals surface area contributed by atoms with Gasteiger partial charge in [0.15, 0.2) is 6.79 Å². The molecule has 0 aromatic heterocycles. The lowest BCUT2D eigenvalue weighted by Crippen LogP contribution is -2.14. The third-order valence-corrected chi connectivity index (χ3v) is 4.39. The minimum atomic E-state index is -0.857. The molecular weight excluding hydrogens is 272 g/mol. The summed E-state index contributed by atoms with van der Waals surface area (Å²) in [7, 11) is -0.857. The summed E-state index contributed by atoms with van der Waals surface area (Å²) in [5.41, 5.74) is 1.87. The molecule has 0 radical (unpaired) electrons. The Morgan fingerprint density at radius 1 is 1.44 bits per heavy atom. The molecule has 1 aromatic carbocycles. The summed E-state index contributed by atoms with van der Waals surface area (Å²) in [5.74, 6) is 2.03. The highest BCUT2D eigenvalue weighted by Gasteiger charge is 2.17. The van der Waals surface area contributed by atoms with E-state index < -0.39 is 10.8 Å². The van der Waals surface area contributed by atoms with Crippen LogP contribution in [0.4, 0.5) is 0 Å². The van der Waals surface area contributed by atoms with Crippen LogP contribution in [0.15, 0.2) is 12.1 Å². The van der Waals surface area contributed by atoms with Crippen LogP contribution in [0.25, 0.3) is 0 Å². The SMILES string of the molecule is CCCC[S@@](=O)Cc1cc(Cl)cc2c1OCOC2. The van der Waals surface area contributed by atoms with Gasteiger partial charge in [0.1, 0.15) is 5.75 Å². The Balaban J connectivity index is 2.16. The fourth-order valence-corrected chi connectivity index (χ4v) is 3.49. The molecule has 0 saturated heterocycles. The van der Waals surface area contributed by atoms with Gasteiger partial charge in [-0.25, -0.2) is 0 Å². The maximum absolute atomic E-state index is 11.9. The molecule has 0 aliphatic carbocycles. The van der Waals surface area contributed by atoms with Crippen molar-refractivity contribution in [1.29, 1.82) is 0 Å². The van der Waals surface area contributed by atoms with Crippen molar-refractivity contribution in [1.82, 2.24) is 0 Å². The van der Waals surface area contributed by atoms with Crippen LogP contribution in [0.2, 0.25) is 5.02 Å². The zero-order chi connectivity index (χ0) is 13.0. The van der Waals surface area contributed by atoms with Crippen molar-refractivity contribution in [2.75, 3.05) is 12.5 Å². The van der Waals surface area contributed by atoms with E-state index in [1.165, 1.54) is 0 Å². The monoisotopic (exact) mass is 288 g/mol. The second-order valence-corrected chi connectivity index (χ2v) is 6.32. The van der Waals surface area contributed by atoms with Gasteiger partial charge in [0, 0.05) is 32.7 Å². The summed E-state index contributed by atoms with van der Waals surface area (Å²) in [6, 6.07) is 3.68. The van der Waals surface area contributed by atoms with E-state index in [1.54, 1.807) is 0 Å². The molecule has 0 fully saturated rings. The number of halogens is 1. The van der Waals surface area contributed by atoms with Crippen molar-refractivity contribution in [3.63, 3.8) is 0 Å². The molecule has 2 rings (SSSR count). The van der Waals surface area contributed by atoms with E-state index in [-0.39, 0.29) is 6.79 Å². The maximum Gasteiger partial charge on any atom is 0.189 e. The molecule has 0 amide bonds. The van der Waals surface area contributed by atoms with Gasteiger partial charge in [-0.15, -0.1) is 0 Å². The predicted octanol–water partition coefficient (Wildman–Crippen LogP) is 3.26. The van der Waals surface area contributed by atoms with E-state index in [2.05, 4.69) is 6.92 Å². The van der Waals surface area contributed by atoms with Crippen LogP contribution in [0.1, 0.15) is 30.9 Å². The minimum Gasteiger partial charge on any atom is -0.467 e. The summed E-state index contributed by atoms with van der Waals surface area (Å²) >= 11 is 6.06. The number of benzene rings is 1. The second-order valence-electron chi connectivity index (χ2n) is 4.31. The smallest absolute Gasteiger partial charge is 0.189 e. The van der Waals surface area contributed by atoms with Gasteiger partial charge < -0.3 is 9.47 Å². The third-order valence-electron chi connectivity index (χ3n) is 2.79. The molecular formula is C13H17ClO3S. The molecule has 100 valence electrons. The lowest BCUT2D eigenvalue weighted by atomic mass is 10.1. The molecule has 1 aromatic rings. The van der Waals surface area contributed by atoms with E-state index in [4.69, 9.17) is 21.1 Å². The second kappa shape index (κ2) is 6.55. The van der Waals surface area contributed by atoms with Gasteiger partial charge in [0.25, 0.3) is 0 Å². The zero-order valence-electron chi connectivity index (χ0n) is 10.4. The molecule has 0 unspecified atom stereocenters. The number of unbranched alkanes of at least 4 members (excludes halogenated alkanes) is 1. The number of ether oxygens (including phenoxy) is 2. The largest absolute Gasteiger partial charge is 0.467 e. The maximum atomic E-state index is 11.9. The first-order chi connectivity index (χ1) is 8.70. The van der Waals surface area contributed by atoms with Gasteiger partial charge in [0.05, 0.1) is 12.4 Å². The van der Waals surface area contributed by atoms with Gasteiger partial charge in [0.2, 0.25) is 0 Å². The van der Waals surface area contributed by atoms with Crippen LogP contribution in [-0.2, 0) is 27.9 Å². The third kappa shape index (κ3) is 3.46. The zero-order valence-corrected chi connectivity index (χ0v) is 12.0. The number of hydrogen-bond donors (Lipinski definition) is 0. The van der Waals surface area contributed by atoms with E-state index in [1.807, 2.05) is 12.1 Å². The first-order valence-electron chi connectivity index (χ1n) is 6.07. The molecule has 0 bridgehead atoms. The van der Waals surface area contributed by atoms with Gasteiger partial charge in [-0.3, -0.25) is 4.21 Å². The van der Waals surface area contributed by atoms with Crippen LogP contribution >= 0.6 is 11.6 Å². The van der Waals surface area contributed by atoms with Gasteiger partial charge >= 0.3 is 0 Å². The van der Waals surface area contributed by atoms with Crippen molar-refractivity contribution in [2.24, 2.45) is 0 Å². The van der Waals surface area contributed by atoms with Crippen LogP contribution < -0.4 is 4.74 Å². The Hall–Kier alpha value is -0.580. The quantitative estimate of drug-likeness (QED) is 0.834. The summed E-state index contributed by atoms with van der Waals surface area (Å²) in [4.78, 5) is 0. The summed E-state index contributed by atoms with van der Waals surface area (Å²) in [5, 5.41) is 0.644. The Morgan fingerprint density at radius 3 is 3.06 bits per heavy atom. The number of fused-ring (bicyclic) bond motifs is 1. The van der Waals surface area contributed by atoms with Crippen LogP contribution in [0.3, 0.4) is 0 Å². The molecule has 5 heteroatoms.